The first kappa shape index (κ1) is 23.1. The maximum Gasteiger partial charge on any atom is 0.407 e. The molecule has 2 amide bonds. The van der Waals surface area contributed by atoms with Gasteiger partial charge in [-0.05, 0) is 62.7 Å². The average molecular weight is 535 g/mol. The third-order valence-electron chi connectivity index (χ3n) is 6.60. The minimum absolute atomic E-state index is 0.0136. The quantitative estimate of drug-likeness (QED) is 0.383. The molecule has 5 rings (SSSR count). The predicted octanol–water partition coefficient (Wildman–Crippen LogP) is 5.26. The maximum absolute atomic E-state index is 12.6. The molecule has 178 valence electrons. The average Bonchev–Trinajstić information content (AvgIpc) is 3.57. The van der Waals surface area contributed by atoms with Crippen LogP contribution in [-0.4, -0.2) is 36.2 Å². The molecule has 0 heterocycles. The molecule has 3 N–H and O–H groups in total. The van der Waals surface area contributed by atoms with Crippen LogP contribution in [0.5, 0.6) is 0 Å². The summed E-state index contributed by atoms with van der Waals surface area (Å²) >= 11 is 3.29. The highest BCUT2D eigenvalue weighted by Gasteiger charge is 2.43. The van der Waals surface area contributed by atoms with Gasteiger partial charge in [0.15, 0.2) is 0 Å². The first-order valence-electron chi connectivity index (χ1n) is 11.4. The molecular formula is C27H23BrN2O5. The third-order valence-corrected chi connectivity index (χ3v) is 7.26. The molecule has 0 unspecified atom stereocenters. The van der Waals surface area contributed by atoms with Gasteiger partial charge in [-0.1, -0.05) is 54.6 Å². The van der Waals surface area contributed by atoms with Gasteiger partial charge < -0.3 is 20.5 Å². The number of alkyl carbamates (subject to hydrolysis) is 1. The second-order valence-electron chi connectivity index (χ2n) is 8.77. The van der Waals surface area contributed by atoms with Crippen LogP contribution in [0.1, 0.15) is 33.8 Å². The zero-order valence-electron chi connectivity index (χ0n) is 18.7. The van der Waals surface area contributed by atoms with E-state index in [0.29, 0.717) is 17.4 Å². The number of aromatic carboxylic acids is 1. The van der Waals surface area contributed by atoms with Crippen LogP contribution in [0.4, 0.5) is 10.5 Å². The number of carboxylic acids is 1. The number of anilines is 1. The number of carbonyl (C=O) groups is 3. The fourth-order valence-electron chi connectivity index (χ4n) is 4.70. The predicted molar refractivity (Wildman–Crippen MR) is 134 cm³/mol. The molecule has 35 heavy (non-hydrogen) atoms. The van der Waals surface area contributed by atoms with Crippen molar-refractivity contribution >= 4 is 39.6 Å². The molecule has 0 aliphatic heterocycles. The Balaban J connectivity index is 1.13. The number of halogens is 1. The van der Waals surface area contributed by atoms with Gasteiger partial charge in [-0.2, -0.15) is 0 Å². The highest BCUT2D eigenvalue weighted by molar-refractivity contribution is 9.10. The van der Waals surface area contributed by atoms with Gasteiger partial charge in [0.05, 0.1) is 11.3 Å². The van der Waals surface area contributed by atoms with Crippen LogP contribution in [-0.2, 0) is 9.53 Å². The van der Waals surface area contributed by atoms with Crippen molar-refractivity contribution in [2.45, 2.75) is 12.3 Å². The third kappa shape index (κ3) is 4.66. The Labute approximate surface area is 210 Å². The number of carbonyl (C=O) groups excluding carboxylic acids is 2. The van der Waals surface area contributed by atoms with Crippen LogP contribution in [0.15, 0.2) is 71.2 Å². The van der Waals surface area contributed by atoms with Crippen LogP contribution in [0.2, 0.25) is 0 Å². The number of fused-ring (bicyclic) bond motifs is 3. The summed E-state index contributed by atoms with van der Waals surface area (Å²) in [4.78, 5) is 36.4. The van der Waals surface area contributed by atoms with E-state index in [0.717, 1.165) is 11.1 Å². The van der Waals surface area contributed by atoms with E-state index in [9.17, 15) is 19.5 Å². The fraction of sp³-hybridized carbons (Fsp3) is 0.222. The molecule has 0 radical (unpaired) electrons. The van der Waals surface area contributed by atoms with E-state index in [1.807, 2.05) is 24.3 Å². The van der Waals surface area contributed by atoms with Gasteiger partial charge >= 0.3 is 12.1 Å². The lowest BCUT2D eigenvalue weighted by Crippen LogP contribution is -2.29. The van der Waals surface area contributed by atoms with Crippen molar-refractivity contribution in [3.63, 3.8) is 0 Å². The molecule has 1 saturated carbocycles. The SMILES string of the molecule is O=C(NC[C@H]1C[C@H]1C(=O)Nc1c(Br)cccc1C(=O)O)OCC1c2ccccc2-c2ccccc21. The Morgan fingerprint density at radius 3 is 2.26 bits per heavy atom. The molecule has 0 aromatic heterocycles. The van der Waals surface area contributed by atoms with E-state index in [1.54, 1.807) is 12.1 Å². The Morgan fingerprint density at radius 2 is 1.60 bits per heavy atom. The van der Waals surface area contributed by atoms with Crippen LogP contribution in [0, 0.1) is 11.8 Å². The smallest absolute Gasteiger partial charge is 0.407 e. The minimum Gasteiger partial charge on any atom is -0.478 e. The fourth-order valence-corrected chi connectivity index (χ4v) is 5.17. The molecule has 0 spiro atoms. The second-order valence-corrected chi connectivity index (χ2v) is 9.62. The molecule has 0 bridgehead atoms. The summed E-state index contributed by atoms with van der Waals surface area (Å²) < 4.78 is 6.04. The van der Waals surface area contributed by atoms with Gasteiger partial charge in [0.1, 0.15) is 6.61 Å². The normalized spacial score (nSPS) is 17.7. The summed E-state index contributed by atoms with van der Waals surface area (Å²) in [6, 6.07) is 21.0. The highest BCUT2D eigenvalue weighted by Crippen LogP contribution is 2.44. The lowest BCUT2D eigenvalue weighted by molar-refractivity contribution is -0.117. The van der Waals surface area contributed by atoms with Gasteiger partial charge in [-0.3, -0.25) is 4.79 Å². The van der Waals surface area contributed by atoms with E-state index in [1.165, 1.54) is 17.2 Å². The number of amides is 2. The molecule has 2 aliphatic rings. The molecule has 1 fully saturated rings. The van der Waals surface area contributed by atoms with Crippen molar-refractivity contribution in [3.8, 4) is 11.1 Å². The Bertz CT molecular complexity index is 1280. The van der Waals surface area contributed by atoms with E-state index < -0.39 is 12.1 Å². The lowest BCUT2D eigenvalue weighted by Gasteiger charge is -2.14. The zero-order valence-corrected chi connectivity index (χ0v) is 20.2. The maximum atomic E-state index is 12.6. The van der Waals surface area contributed by atoms with Gasteiger partial charge in [0, 0.05) is 22.9 Å². The van der Waals surface area contributed by atoms with E-state index >= 15 is 0 Å². The number of para-hydroxylation sites is 1. The second kappa shape index (κ2) is 9.54. The van der Waals surface area contributed by atoms with Crippen molar-refractivity contribution in [3.05, 3.63) is 87.9 Å². The Morgan fingerprint density at radius 1 is 0.943 bits per heavy atom. The molecule has 7 nitrogen and oxygen atoms in total. The molecule has 2 atom stereocenters. The monoisotopic (exact) mass is 534 g/mol. The standard InChI is InChI=1S/C27H23BrN2O5/c28-23-11-5-10-20(26(32)33)24(23)30-25(31)21-12-15(21)13-29-27(34)35-14-22-18-8-3-1-6-16(18)17-7-2-4-9-19(17)22/h1-11,15,21-22H,12-14H2,(H,29,34)(H,30,31)(H,32,33)/t15-,21-/m1/s1. The highest BCUT2D eigenvalue weighted by atomic mass is 79.9. The number of benzene rings is 3. The zero-order chi connectivity index (χ0) is 24.5. The van der Waals surface area contributed by atoms with Crippen molar-refractivity contribution in [2.75, 3.05) is 18.5 Å². The summed E-state index contributed by atoms with van der Waals surface area (Å²) in [6.45, 7) is 0.547. The van der Waals surface area contributed by atoms with Crippen molar-refractivity contribution in [2.24, 2.45) is 11.8 Å². The molecule has 8 heteroatoms. The van der Waals surface area contributed by atoms with Crippen molar-refractivity contribution in [1.29, 1.82) is 0 Å². The van der Waals surface area contributed by atoms with Crippen molar-refractivity contribution < 1.29 is 24.2 Å². The Hall–Kier alpha value is -3.65. The molecule has 0 saturated heterocycles. The number of hydrogen-bond acceptors (Lipinski definition) is 4. The van der Waals surface area contributed by atoms with Crippen LogP contribution in [0.25, 0.3) is 11.1 Å². The number of nitrogens with one attached hydrogen (secondary N) is 2. The minimum atomic E-state index is -1.12. The van der Waals surface area contributed by atoms with E-state index in [2.05, 4.69) is 50.8 Å². The number of carboxylic acid groups (broad SMARTS) is 1. The first-order chi connectivity index (χ1) is 16.9. The lowest BCUT2D eigenvalue weighted by atomic mass is 9.98. The van der Waals surface area contributed by atoms with Crippen molar-refractivity contribution in [1.82, 2.24) is 5.32 Å². The molecule has 3 aromatic rings. The Kier molecular flexibility index (Phi) is 6.30. The van der Waals surface area contributed by atoms with E-state index in [-0.39, 0.29) is 41.5 Å². The topological polar surface area (TPSA) is 105 Å². The molecular weight excluding hydrogens is 512 g/mol. The summed E-state index contributed by atoms with van der Waals surface area (Å²) in [5, 5.41) is 14.8. The van der Waals surface area contributed by atoms with Gasteiger partial charge in [-0.25, -0.2) is 9.59 Å². The van der Waals surface area contributed by atoms with E-state index in [4.69, 9.17) is 4.74 Å². The molecule has 3 aromatic carbocycles. The van der Waals surface area contributed by atoms with Gasteiger partial charge in [0.2, 0.25) is 5.91 Å². The van der Waals surface area contributed by atoms with Gasteiger partial charge in [0.25, 0.3) is 0 Å². The molecule has 2 aliphatic carbocycles. The van der Waals surface area contributed by atoms with Gasteiger partial charge in [-0.15, -0.1) is 0 Å². The summed E-state index contributed by atoms with van der Waals surface area (Å²) in [5.41, 5.74) is 4.88. The summed E-state index contributed by atoms with van der Waals surface area (Å²) in [5.74, 6) is -1.71. The first-order valence-corrected chi connectivity index (χ1v) is 12.1. The number of rotatable bonds is 7. The summed E-state index contributed by atoms with van der Waals surface area (Å²) in [6.07, 6.45) is 0.0967. The van der Waals surface area contributed by atoms with Crippen LogP contribution in [0.3, 0.4) is 0 Å². The summed E-state index contributed by atoms with van der Waals surface area (Å²) in [7, 11) is 0. The van der Waals surface area contributed by atoms with Crippen LogP contribution >= 0.6 is 15.9 Å². The number of hydrogen-bond donors (Lipinski definition) is 3. The number of ether oxygens (including phenoxy) is 1. The van der Waals surface area contributed by atoms with Crippen LogP contribution < -0.4 is 10.6 Å². The largest absolute Gasteiger partial charge is 0.478 e.